The van der Waals surface area contributed by atoms with Crippen LogP contribution in [0.1, 0.15) is 6.92 Å². The summed E-state index contributed by atoms with van der Waals surface area (Å²) in [5.41, 5.74) is -1.07. The zero-order valence-corrected chi connectivity index (χ0v) is 13.2. The van der Waals surface area contributed by atoms with Crippen LogP contribution in [0.2, 0.25) is 0 Å². The average molecular weight is 415 g/mol. The Kier molecular flexibility index (Phi) is 5.50. The van der Waals surface area contributed by atoms with Crippen LogP contribution in [0.3, 0.4) is 0 Å². The fourth-order valence-electron chi connectivity index (χ4n) is 1.47. The number of nitrogens with two attached hydrogens (primary N) is 1. The second-order valence-corrected chi connectivity index (χ2v) is 6.51. The van der Waals surface area contributed by atoms with Gasteiger partial charge in [-0.25, -0.2) is 26.4 Å². The van der Waals surface area contributed by atoms with Gasteiger partial charge in [0.25, 0.3) is 15.7 Å². The van der Waals surface area contributed by atoms with Crippen molar-refractivity contribution in [2.24, 2.45) is 5.73 Å². The number of amides is 2. The molecule has 0 heterocycles. The molecular weight excluding hydrogens is 406 g/mol. The van der Waals surface area contributed by atoms with E-state index in [0.29, 0.717) is 10.9 Å². The van der Waals surface area contributed by atoms with Gasteiger partial charge in [-0.3, -0.25) is 0 Å². The molecule has 0 bridgehead atoms. The maximum atomic E-state index is 13.9. The van der Waals surface area contributed by atoms with Gasteiger partial charge in [-0.1, -0.05) is 0 Å². The Morgan fingerprint density at radius 2 is 1.62 bits per heavy atom. The lowest BCUT2D eigenvalue weighted by atomic mass is 10.1. The van der Waals surface area contributed by atoms with Gasteiger partial charge >= 0.3 is 18.3 Å². The van der Waals surface area contributed by atoms with Crippen LogP contribution in [0.5, 0.6) is 0 Å². The molecule has 0 fully saturated rings. The largest absolute Gasteiger partial charge is 0.430 e. The predicted octanol–water partition coefficient (Wildman–Crippen LogP) is 2.42. The van der Waals surface area contributed by atoms with E-state index in [4.69, 9.17) is 0 Å². The topological polar surface area (TPSA) is 92.5 Å². The van der Waals surface area contributed by atoms with Crippen molar-refractivity contribution in [2.75, 3.05) is 0 Å². The highest BCUT2D eigenvalue weighted by Gasteiger charge is 2.72. The number of hydrazine groups is 1. The number of primary amides is 1. The van der Waals surface area contributed by atoms with E-state index in [2.05, 4.69) is 5.73 Å². The van der Waals surface area contributed by atoms with Crippen LogP contribution in [-0.2, 0) is 10.0 Å². The summed E-state index contributed by atoms with van der Waals surface area (Å²) in [5.74, 6) is -3.07. The molecular formula is C11H9F8N3O3S. The quantitative estimate of drug-likeness (QED) is 0.440. The molecule has 26 heavy (non-hydrogen) atoms. The van der Waals surface area contributed by atoms with Crippen molar-refractivity contribution in [1.29, 1.82) is 0 Å². The highest BCUT2D eigenvalue weighted by molar-refractivity contribution is 7.89. The smallest absolute Gasteiger partial charge is 0.350 e. The van der Waals surface area contributed by atoms with E-state index in [1.807, 2.05) is 0 Å². The molecule has 2 amide bonds. The normalized spacial score (nSPS) is 15.4. The van der Waals surface area contributed by atoms with Gasteiger partial charge in [0, 0.05) is 0 Å². The number of urea groups is 1. The van der Waals surface area contributed by atoms with Crippen LogP contribution >= 0.6 is 0 Å². The van der Waals surface area contributed by atoms with E-state index in [1.165, 1.54) is 0 Å². The number of nitrogens with zero attached hydrogens (tertiary/aromatic N) is 1. The number of hydrogen-bond donors (Lipinski definition) is 2. The SMILES string of the molecule is CC(F)(C(F)(F)F)C(F)(F)N(NS(=O)(=O)c1cc(F)ccc1F)C(N)=O. The first kappa shape index (κ1) is 21.9. The van der Waals surface area contributed by atoms with Crippen molar-refractivity contribution in [3.8, 4) is 0 Å². The fourth-order valence-corrected chi connectivity index (χ4v) is 2.61. The van der Waals surface area contributed by atoms with Crippen LogP contribution in [0, 0.1) is 11.6 Å². The monoisotopic (exact) mass is 415 g/mol. The van der Waals surface area contributed by atoms with Gasteiger partial charge in [0.05, 0.1) is 0 Å². The maximum absolute atomic E-state index is 13.9. The molecule has 0 aliphatic rings. The van der Waals surface area contributed by atoms with Crippen molar-refractivity contribution in [1.82, 2.24) is 9.84 Å². The summed E-state index contributed by atoms with van der Waals surface area (Å²) in [4.78, 5) is 9.90. The summed E-state index contributed by atoms with van der Waals surface area (Å²) in [7, 11) is -5.60. The number of rotatable bonds is 5. The van der Waals surface area contributed by atoms with Gasteiger partial charge in [-0.05, 0) is 25.1 Å². The number of nitrogens with one attached hydrogen (secondary N) is 1. The predicted molar refractivity (Wildman–Crippen MR) is 68.6 cm³/mol. The van der Waals surface area contributed by atoms with Gasteiger partial charge in [0.1, 0.15) is 16.5 Å². The zero-order valence-electron chi connectivity index (χ0n) is 12.4. The van der Waals surface area contributed by atoms with E-state index in [-0.39, 0.29) is 12.1 Å². The summed E-state index contributed by atoms with van der Waals surface area (Å²) >= 11 is 0. The van der Waals surface area contributed by atoms with Crippen molar-refractivity contribution >= 4 is 16.1 Å². The molecule has 0 saturated heterocycles. The van der Waals surface area contributed by atoms with Crippen LogP contribution in [0.25, 0.3) is 0 Å². The third-order valence-electron chi connectivity index (χ3n) is 2.99. The zero-order chi connectivity index (χ0) is 20.7. The van der Waals surface area contributed by atoms with Crippen LogP contribution in [-0.4, -0.2) is 37.3 Å². The van der Waals surface area contributed by atoms with E-state index >= 15 is 0 Å². The second-order valence-electron chi connectivity index (χ2n) is 4.89. The van der Waals surface area contributed by atoms with Gasteiger partial charge in [-0.15, -0.1) is 4.83 Å². The van der Waals surface area contributed by atoms with E-state index in [0.717, 1.165) is 0 Å². The first-order valence-electron chi connectivity index (χ1n) is 6.16. The molecule has 0 aliphatic heterocycles. The molecule has 148 valence electrons. The molecule has 3 N–H and O–H groups in total. The summed E-state index contributed by atoms with van der Waals surface area (Å²) in [5, 5.41) is -1.68. The molecule has 15 heteroatoms. The Bertz CT molecular complexity index is 809. The molecule has 0 aliphatic carbocycles. The molecule has 1 atom stereocenters. The second kappa shape index (κ2) is 6.53. The lowest BCUT2D eigenvalue weighted by Gasteiger charge is -2.37. The first-order valence-corrected chi connectivity index (χ1v) is 7.64. The number of benzene rings is 1. The van der Waals surface area contributed by atoms with Gasteiger partial charge in [0.2, 0.25) is 0 Å². The minimum absolute atomic E-state index is 0.0205. The van der Waals surface area contributed by atoms with Crippen molar-refractivity contribution in [3.63, 3.8) is 0 Å². The Labute approximate surface area is 140 Å². The first-order chi connectivity index (χ1) is 11.4. The average Bonchev–Trinajstić information content (AvgIpc) is 2.45. The summed E-state index contributed by atoms with van der Waals surface area (Å²) in [6.45, 7) is -0.681. The molecule has 1 aromatic rings. The number of sulfonamides is 1. The highest BCUT2D eigenvalue weighted by Crippen LogP contribution is 2.46. The third kappa shape index (κ3) is 3.82. The van der Waals surface area contributed by atoms with E-state index in [1.54, 1.807) is 0 Å². The van der Waals surface area contributed by atoms with Crippen LogP contribution in [0.15, 0.2) is 23.1 Å². The van der Waals surface area contributed by atoms with Gasteiger partial charge < -0.3 is 5.73 Å². The number of carbonyl (C=O) groups excluding carboxylic acids is 1. The molecule has 1 unspecified atom stereocenters. The Morgan fingerprint density at radius 1 is 1.12 bits per heavy atom. The molecule has 0 radical (unpaired) electrons. The lowest BCUT2D eigenvalue weighted by molar-refractivity contribution is -0.329. The number of halogens is 8. The minimum atomic E-state index is -6.26. The van der Waals surface area contributed by atoms with Gasteiger partial charge in [0.15, 0.2) is 0 Å². The standard InChI is InChI=1S/C11H9F8N3O3S/c1-9(14,10(15,16)17)11(18,19)22(8(20)23)21-26(24,25)7-4-5(12)2-3-6(7)13/h2-4,21H,1H3,(H2,20,23). The highest BCUT2D eigenvalue weighted by atomic mass is 32.2. The van der Waals surface area contributed by atoms with Crippen LogP contribution in [0.4, 0.5) is 39.9 Å². The van der Waals surface area contributed by atoms with Crippen molar-refractivity contribution in [2.45, 2.75) is 29.7 Å². The van der Waals surface area contributed by atoms with Crippen LogP contribution < -0.4 is 10.6 Å². The molecule has 6 nitrogen and oxygen atoms in total. The van der Waals surface area contributed by atoms with E-state index in [9.17, 15) is 48.3 Å². The molecule has 0 aromatic heterocycles. The summed E-state index contributed by atoms with van der Waals surface area (Å²) in [6.07, 6.45) is -6.26. The third-order valence-corrected chi connectivity index (χ3v) is 4.31. The Hall–Kier alpha value is -2.16. The number of carbonyl (C=O) groups is 1. The molecule has 0 saturated carbocycles. The Morgan fingerprint density at radius 3 is 2.04 bits per heavy atom. The minimum Gasteiger partial charge on any atom is -0.350 e. The van der Waals surface area contributed by atoms with Crippen molar-refractivity contribution < 1.29 is 48.3 Å². The number of hydrogen-bond acceptors (Lipinski definition) is 3. The number of alkyl halides is 6. The maximum Gasteiger partial charge on any atom is 0.430 e. The van der Waals surface area contributed by atoms with Gasteiger partial charge in [-0.2, -0.15) is 27.0 Å². The Balaban J connectivity index is 3.44. The van der Waals surface area contributed by atoms with Crippen molar-refractivity contribution in [3.05, 3.63) is 29.8 Å². The molecule has 1 rings (SSSR count). The lowest BCUT2D eigenvalue weighted by Crippen LogP contribution is -2.68. The molecule has 1 aromatic carbocycles. The summed E-state index contributed by atoms with van der Waals surface area (Å²) in [6, 6.07) is -7.77. The summed E-state index contributed by atoms with van der Waals surface area (Å²) < 4.78 is 129. The fraction of sp³-hybridized carbons (Fsp3) is 0.364. The molecule has 0 spiro atoms. The van der Waals surface area contributed by atoms with E-state index < -0.39 is 62.4 Å².